The quantitative estimate of drug-likeness (QED) is 0.479. The number of nitriles is 1. The molecular weight excluding hydrogens is 100 g/mol. The molecule has 1 rings (SSSR count). The number of pyridine rings is 1. The third kappa shape index (κ3) is 0.824. The summed E-state index contributed by atoms with van der Waals surface area (Å²) in [5, 5.41) is 8.21. The Bertz CT molecular complexity index is 198. The molecule has 0 fully saturated rings. The lowest BCUT2D eigenvalue weighted by Crippen LogP contribution is -1.73. The molecule has 1 aromatic heterocycles. The minimum absolute atomic E-state index is 0.472. The lowest BCUT2D eigenvalue weighted by atomic mass is 10.3. The van der Waals surface area contributed by atoms with E-state index in [2.05, 4.69) is 17.2 Å². The van der Waals surface area contributed by atoms with Gasteiger partial charge in [-0.1, -0.05) is 0 Å². The van der Waals surface area contributed by atoms with Crippen molar-refractivity contribution in [2.24, 2.45) is 0 Å². The number of rotatable bonds is 0. The summed E-state index contributed by atoms with van der Waals surface area (Å²) in [6.45, 7) is 0. The van der Waals surface area contributed by atoms with E-state index < -0.39 is 0 Å². The van der Waals surface area contributed by atoms with E-state index in [9.17, 15) is 0 Å². The Kier molecular flexibility index (Phi) is 1.25. The van der Waals surface area contributed by atoms with Crippen LogP contribution >= 0.6 is 0 Å². The Balaban J connectivity index is 3.05. The molecule has 0 atom stereocenters. The Hall–Kier alpha value is -1.36. The van der Waals surface area contributed by atoms with Crippen LogP contribution in [0.3, 0.4) is 0 Å². The molecular formula is C6H2N2. The second-order valence-electron chi connectivity index (χ2n) is 1.21. The lowest BCUT2D eigenvalue weighted by Gasteiger charge is -1.77. The van der Waals surface area contributed by atoms with Crippen LogP contribution in [0.15, 0.2) is 12.3 Å². The Labute approximate surface area is 47.4 Å². The molecule has 1 aromatic rings. The van der Waals surface area contributed by atoms with Gasteiger partial charge >= 0.3 is 0 Å². The highest BCUT2D eigenvalue weighted by Crippen LogP contribution is 1.87. The van der Waals surface area contributed by atoms with Crippen LogP contribution in [0.25, 0.3) is 0 Å². The van der Waals surface area contributed by atoms with Crippen molar-refractivity contribution in [2.75, 3.05) is 0 Å². The molecule has 36 valence electrons. The largest absolute Gasteiger partial charge is 0.254 e. The third-order valence-corrected chi connectivity index (χ3v) is 0.691. The zero-order valence-corrected chi connectivity index (χ0v) is 4.05. The van der Waals surface area contributed by atoms with E-state index in [0.29, 0.717) is 5.56 Å². The zero-order chi connectivity index (χ0) is 5.82. The number of aromatic nitrogens is 1. The Morgan fingerprint density at radius 2 is 2.62 bits per heavy atom. The number of nitrogens with zero attached hydrogens (tertiary/aromatic N) is 2. The average molecular weight is 102 g/mol. The summed E-state index contributed by atoms with van der Waals surface area (Å²) in [6.07, 6.45) is 3.92. The second kappa shape index (κ2) is 2.08. The van der Waals surface area contributed by atoms with E-state index in [1.54, 1.807) is 6.07 Å². The van der Waals surface area contributed by atoms with Crippen LogP contribution in [0.2, 0.25) is 0 Å². The fourth-order valence-corrected chi connectivity index (χ4v) is 0.348. The molecule has 2 heteroatoms. The lowest BCUT2D eigenvalue weighted by molar-refractivity contribution is 1.29. The smallest absolute Gasteiger partial charge is 0.0999 e. The molecule has 1 heterocycles. The molecule has 0 aliphatic heterocycles. The maximum absolute atomic E-state index is 8.21. The van der Waals surface area contributed by atoms with Gasteiger partial charge in [-0.25, -0.2) is 0 Å². The summed E-state index contributed by atoms with van der Waals surface area (Å²) in [4.78, 5) is 3.56. The molecule has 0 aliphatic rings. The van der Waals surface area contributed by atoms with Gasteiger partial charge in [0.05, 0.1) is 17.8 Å². The van der Waals surface area contributed by atoms with Crippen LogP contribution in [0.4, 0.5) is 0 Å². The molecule has 2 nitrogen and oxygen atoms in total. The van der Waals surface area contributed by atoms with Crippen molar-refractivity contribution in [3.05, 3.63) is 30.1 Å². The molecule has 2 radical (unpaired) electrons. The standard InChI is InChI=1S/C6H2N2/c7-5-6-1-3-8-4-2-6/h1,3H. The average Bonchev–Trinajstić information content (AvgIpc) is 1.90. The van der Waals surface area contributed by atoms with Crippen LogP contribution in [0.5, 0.6) is 0 Å². The molecule has 8 heavy (non-hydrogen) atoms. The first-order valence-electron chi connectivity index (χ1n) is 2.08. The number of hydrogen-bond acceptors (Lipinski definition) is 2. The molecule has 0 saturated carbocycles. The van der Waals surface area contributed by atoms with E-state index in [1.807, 2.05) is 6.07 Å². The highest BCUT2D eigenvalue weighted by molar-refractivity contribution is 5.22. The van der Waals surface area contributed by atoms with E-state index in [1.165, 1.54) is 6.20 Å². The third-order valence-electron chi connectivity index (χ3n) is 0.691. The van der Waals surface area contributed by atoms with Crippen molar-refractivity contribution in [2.45, 2.75) is 0 Å². The fourth-order valence-electron chi connectivity index (χ4n) is 0.348. The van der Waals surface area contributed by atoms with Gasteiger partial charge in [0.2, 0.25) is 0 Å². The molecule has 0 unspecified atom stereocenters. The van der Waals surface area contributed by atoms with Crippen LogP contribution in [0.1, 0.15) is 5.56 Å². The van der Waals surface area contributed by atoms with E-state index in [-0.39, 0.29) is 0 Å². The van der Waals surface area contributed by atoms with Gasteiger partial charge in [-0.3, -0.25) is 4.98 Å². The topological polar surface area (TPSA) is 36.7 Å². The van der Waals surface area contributed by atoms with E-state index in [4.69, 9.17) is 5.26 Å². The maximum atomic E-state index is 8.21. The van der Waals surface area contributed by atoms with Gasteiger partial charge in [-0.2, -0.15) is 5.26 Å². The predicted molar refractivity (Wildman–Crippen MR) is 26.6 cm³/mol. The fraction of sp³-hybridized carbons (Fsp3) is 0. The van der Waals surface area contributed by atoms with Gasteiger partial charge in [0.25, 0.3) is 0 Å². The van der Waals surface area contributed by atoms with Crippen LogP contribution < -0.4 is 0 Å². The summed E-state index contributed by atoms with van der Waals surface area (Å²) in [7, 11) is 0. The van der Waals surface area contributed by atoms with Gasteiger partial charge in [0.1, 0.15) is 0 Å². The first-order chi connectivity index (χ1) is 3.93. The number of hydrogen-bond donors (Lipinski definition) is 0. The van der Waals surface area contributed by atoms with Gasteiger partial charge in [-0.15, -0.1) is 0 Å². The van der Waals surface area contributed by atoms with Gasteiger partial charge in [-0.05, 0) is 6.07 Å². The molecule has 0 spiro atoms. The SMILES string of the molecule is N#Cc1[c][c]ncc1. The normalized spacial score (nSPS) is 7.88. The summed E-state index contributed by atoms with van der Waals surface area (Å²) in [5.74, 6) is 0. The van der Waals surface area contributed by atoms with Crippen LogP contribution in [-0.2, 0) is 0 Å². The molecule has 0 bridgehead atoms. The summed E-state index contributed by atoms with van der Waals surface area (Å²) >= 11 is 0. The first kappa shape index (κ1) is 4.79. The summed E-state index contributed by atoms with van der Waals surface area (Å²) in [5.41, 5.74) is 0.472. The van der Waals surface area contributed by atoms with Gasteiger partial charge < -0.3 is 0 Å². The predicted octanol–water partition coefficient (Wildman–Crippen LogP) is 0.554. The van der Waals surface area contributed by atoms with Gasteiger partial charge in [0.15, 0.2) is 0 Å². The summed E-state index contributed by atoms with van der Waals surface area (Å²) < 4.78 is 0. The van der Waals surface area contributed by atoms with Crippen LogP contribution in [-0.4, -0.2) is 4.98 Å². The molecule has 0 amide bonds. The van der Waals surface area contributed by atoms with E-state index in [0.717, 1.165) is 0 Å². The van der Waals surface area contributed by atoms with E-state index >= 15 is 0 Å². The molecule has 0 aromatic carbocycles. The highest BCUT2D eigenvalue weighted by Gasteiger charge is 1.82. The minimum Gasteiger partial charge on any atom is -0.254 e. The Morgan fingerprint density at radius 3 is 3.00 bits per heavy atom. The summed E-state index contributed by atoms with van der Waals surface area (Å²) in [6, 6.07) is 6.00. The minimum atomic E-state index is 0.472. The first-order valence-corrected chi connectivity index (χ1v) is 2.08. The molecule has 0 aliphatic carbocycles. The van der Waals surface area contributed by atoms with Crippen molar-refractivity contribution >= 4 is 0 Å². The van der Waals surface area contributed by atoms with Crippen molar-refractivity contribution in [3.63, 3.8) is 0 Å². The monoisotopic (exact) mass is 102 g/mol. The van der Waals surface area contributed by atoms with Crippen molar-refractivity contribution in [3.8, 4) is 6.07 Å². The Morgan fingerprint density at radius 1 is 1.75 bits per heavy atom. The second-order valence-corrected chi connectivity index (χ2v) is 1.21. The van der Waals surface area contributed by atoms with Crippen LogP contribution in [0, 0.1) is 23.6 Å². The van der Waals surface area contributed by atoms with Gasteiger partial charge in [0, 0.05) is 12.3 Å². The maximum Gasteiger partial charge on any atom is 0.0999 e. The van der Waals surface area contributed by atoms with Crippen molar-refractivity contribution in [1.82, 2.24) is 4.98 Å². The molecule has 0 N–H and O–H groups in total. The zero-order valence-electron chi connectivity index (χ0n) is 4.05. The van der Waals surface area contributed by atoms with Crippen molar-refractivity contribution < 1.29 is 0 Å². The highest BCUT2D eigenvalue weighted by atomic mass is 14.6. The molecule has 0 saturated heterocycles. The van der Waals surface area contributed by atoms with Crippen molar-refractivity contribution in [1.29, 1.82) is 5.26 Å².